The summed E-state index contributed by atoms with van der Waals surface area (Å²) in [4.78, 5) is 0. The topological polar surface area (TPSA) is 9.23 Å². The van der Waals surface area contributed by atoms with Crippen LogP contribution in [0.4, 0.5) is 0 Å². The van der Waals surface area contributed by atoms with E-state index in [4.69, 9.17) is 7.48 Å². The minimum Gasteiger partial charge on any atom is -0.465 e. The Balaban J connectivity index is 2.49. The Morgan fingerprint density at radius 3 is 3.40 bits per heavy atom. The summed E-state index contributed by atoms with van der Waals surface area (Å²) in [6, 6.07) is 7.53. The highest BCUT2D eigenvalue weighted by Crippen LogP contribution is 2.21. The van der Waals surface area contributed by atoms with E-state index in [2.05, 4.69) is 0 Å². The van der Waals surface area contributed by atoms with Gasteiger partial charge in [-0.05, 0) is 24.1 Å². The van der Waals surface area contributed by atoms with Crippen molar-refractivity contribution in [1.82, 2.24) is 0 Å². The molecular formula is C9H8O. The molecule has 0 aliphatic carbocycles. The maximum absolute atomic E-state index is 7.62. The SMILES string of the molecule is [2H]C1=COc2ccccc2C1[2H]. The number of hydrogen-bond donors (Lipinski definition) is 0. The minimum atomic E-state index is -0.588. The van der Waals surface area contributed by atoms with Crippen molar-refractivity contribution < 1.29 is 7.48 Å². The van der Waals surface area contributed by atoms with Gasteiger partial charge in [0.1, 0.15) is 5.75 Å². The van der Waals surface area contributed by atoms with Crippen molar-refractivity contribution in [3.8, 4) is 5.75 Å². The van der Waals surface area contributed by atoms with E-state index in [1.165, 1.54) is 6.26 Å². The maximum atomic E-state index is 7.62. The van der Waals surface area contributed by atoms with Crippen molar-refractivity contribution in [2.24, 2.45) is 0 Å². The molecule has 1 aromatic carbocycles. The number of benzene rings is 1. The number of allylic oxidation sites excluding steroid dienone is 1. The van der Waals surface area contributed by atoms with Crippen molar-refractivity contribution >= 4 is 0 Å². The Morgan fingerprint density at radius 2 is 2.40 bits per heavy atom. The summed E-state index contributed by atoms with van der Waals surface area (Å²) in [5.74, 6) is 0.688. The van der Waals surface area contributed by atoms with Gasteiger partial charge in [-0.1, -0.05) is 18.2 Å². The van der Waals surface area contributed by atoms with Crippen LogP contribution in [0.2, 0.25) is 0 Å². The third-order valence-electron chi connectivity index (χ3n) is 1.41. The minimum absolute atomic E-state index is 0.203. The molecule has 0 radical (unpaired) electrons. The molecule has 0 N–H and O–H groups in total. The first-order chi connectivity index (χ1) is 5.79. The van der Waals surface area contributed by atoms with Gasteiger partial charge < -0.3 is 4.74 Å². The Kier molecular flexibility index (Phi) is 0.831. The first kappa shape index (κ1) is 3.81. The third kappa shape index (κ3) is 0.798. The molecule has 50 valence electrons. The molecule has 0 aromatic heterocycles. The third-order valence-corrected chi connectivity index (χ3v) is 1.41. The molecule has 0 saturated heterocycles. The van der Waals surface area contributed by atoms with Gasteiger partial charge in [0, 0.05) is 1.37 Å². The van der Waals surface area contributed by atoms with Crippen LogP contribution in [-0.2, 0) is 6.40 Å². The van der Waals surface area contributed by atoms with Crippen molar-refractivity contribution in [2.75, 3.05) is 0 Å². The predicted octanol–water partition coefficient (Wildman–Crippen LogP) is 2.14. The molecule has 0 saturated carbocycles. The number of fused-ring (bicyclic) bond motifs is 1. The second-order valence-electron chi connectivity index (χ2n) is 2.08. The standard InChI is InChI=1S/C9H8O/c1-2-6-9-8(4-1)5-3-7-10-9/h1-4,6-7H,5H2/i3D,5D. The Morgan fingerprint density at radius 1 is 1.50 bits per heavy atom. The van der Waals surface area contributed by atoms with Crippen LogP contribution < -0.4 is 4.74 Å². The average molecular weight is 134 g/mol. The largest absolute Gasteiger partial charge is 0.465 e. The zero-order valence-corrected chi connectivity index (χ0v) is 5.37. The van der Waals surface area contributed by atoms with Gasteiger partial charge in [-0.3, -0.25) is 0 Å². The van der Waals surface area contributed by atoms with E-state index in [-0.39, 0.29) is 6.05 Å². The fraction of sp³-hybridized carbons (Fsp3) is 0.111. The van der Waals surface area contributed by atoms with E-state index in [1.807, 2.05) is 18.2 Å². The van der Waals surface area contributed by atoms with Gasteiger partial charge in [0.2, 0.25) is 0 Å². The normalized spacial score (nSPS) is 25.2. The van der Waals surface area contributed by atoms with Crippen LogP contribution in [-0.4, -0.2) is 0 Å². The zero-order valence-electron chi connectivity index (χ0n) is 7.37. The molecule has 1 atom stereocenters. The summed E-state index contributed by atoms with van der Waals surface area (Å²) in [7, 11) is 0. The second-order valence-corrected chi connectivity index (χ2v) is 2.08. The zero-order chi connectivity index (χ0) is 8.55. The highest BCUT2D eigenvalue weighted by atomic mass is 16.5. The molecule has 0 fully saturated rings. The maximum Gasteiger partial charge on any atom is 0.130 e. The van der Waals surface area contributed by atoms with E-state index in [0.29, 0.717) is 5.75 Å². The first-order valence-corrected chi connectivity index (χ1v) is 3.13. The monoisotopic (exact) mass is 134 g/mol. The van der Waals surface area contributed by atoms with Crippen LogP contribution in [0.3, 0.4) is 0 Å². The van der Waals surface area contributed by atoms with Crippen molar-refractivity contribution in [3.63, 3.8) is 0 Å². The lowest BCUT2D eigenvalue weighted by Crippen LogP contribution is -1.94. The molecule has 1 aliphatic heterocycles. The fourth-order valence-electron chi connectivity index (χ4n) is 0.928. The molecule has 1 heteroatoms. The van der Waals surface area contributed by atoms with Gasteiger partial charge in [0.05, 0.1) is 7.63 Å². The lowest BCUT2D eigenvalue weighted by molar-refractivity contribution is 0.464. The lowest BCUT2D eigenvalue weighted by Gasteiger charge is -2.09. The highest BCUT2D eigenvalue weighted by Gasteiger charge is 2.02. The highest BCUT2D eigenvalue weighted by molar-refractivity contribution is 5.36. The quantitative estimate of drug-likeness (QED) is 0.528. The van der Waals surface area contributed by atoms with Gasteiger partial charge in [-0.25, -0.2) is 0 Å². The predicted molar refractivity (Wildman–Crippen MR) is 39.9 cm³/mol. The number of hydrogen-bond acceptors (Lipinski definition) is 1. The van der Waals surface area contributed by atoms with Gasteiger partial charge in [-0.15, -0.1) is 0 Å². The van der Waals surface area contributed by atoms with Crippen LogP contribution in [0.15, 0.2) is 36.6 Å². The fourth-order valence-corrected chi connectivity index (χ4v) is 0.928. The van der Waals surface area contributed by atoms with Crippen molar-refractivity contribution in [3.05, 3.63) is 42.1 Å². The number of ether oxygens (including phenoxy) is 1. The second kappa shape index (κ2) is 2.18. The van der Waals surface area contributed by atoms with Gasteiger partial charge in [0.25, 0.3) is 0 Å². The molecule has 0 spiro atoms. The Hall–Kier alpha value is -1.24. The molecule has 1 nitrogen and oxygen atoms in total. The van der Waals surface area contributed by atoms with Crippen LogP contribution in [0.1, 0.15) is 8.30 Å². The molecule has 0 amide bonds. The molecule has 2 rings (SSSR count). The number of rotatable bonds is 0. The molecule has 1 heterocycles. The summed E-state index contributed by atoms with van der Waals surface area (Å²) < 4.78 is 20.1. The van der Waals surface area contributed by atoms with Crippen LogP contribution in [0.5, 0.6) is 5.75 Å². The van der Waals surface area contributed by atoms with Crippen LogP contribution in [0, 0.1) is 0 Å². The summed E-state index contributed by atoms with van der Waals surface area (Å²) in [5.41, 5.74) is 0.769. The average Bonchev–Trinajstić information content (AvgIpc) is 2.12. The van der Waals surface area contributed by atoms with E-state index in [0.717, 1.165) is 5.56 Å². The van der Waals surface area contributed by atoms with Crippen molar-refractivity contribution in [2.45, 2.75) is 6.40 Å². The summed E-state index contributed by atoms with van der Waals surface area (Å²) in [5, 5.41) is 0. The van der Waals surface area contributed by atoms with Gasteiger partial charge in [0.15, 0.2) is 0 Å². The first-order valence-electron chi connectivity index (χ1n) is 4.21. The summed E-state index contributed by atoms with van der Waals surface area (Å²) in [6.07, 6.45) is 0.731. The lowest BCUT2D eigenvalue weighted by atomic mass is 10.1. The summed E-state index contributed by atoms with van der Waals surface area (Å²) in [6.45, 7) is 0. The van der Waals surface area contributed by atoms with E-state index in [1.54, 1.807) is 6.07 Å². The Labute approximate surface area is 62.8 Å². The molecule has 1 aliphatic rings. The van der Waals surface area contributed by atoms with Gasteiger partial charge in [-0.2, -0.15) is 0 Å². The van der Waals surface area contributed by atoms with Gasteiger partial charge >= 0.3 is 0 Å². The molecule has 10 heavy (non-hydrogen) atoms. The van der Waals surface area contributed by atoms with Crippen molar-refractivity contribution in [1.29, 1.82) is 0 Å². The van der Waals surface area contributed by atoms with Crippen LogP contribution >= 0.6 is 0 Å². The van der Waals surface area contributed by atoms with E-state index in [9.17, 15) is 0 Å². The van der Waals surface area contributed by atoms with E-state index >= 15 is 0 Å². The molecule has 0 bridgehead atoms. The van der Waals surface area contributed by atoms with Crippen LogP contribution in [0.25, 0.3) is 0 Å². The summed E-state index contributed by atoms with van der Waals surface area (Å²) >= 11 is 0. The van der Waals surface area contributed by atoms with E-state index < -0.39 is 6.40 Å². The molecular weight excluding hydrogens is 124 g/mol. The molecule has 1 unspecified atom stereocenters. The molecule has 1 aromatic rings. The Bertz CT molecular complexity index is 333. The number of para-hydroxylation sites is 1. The smallest absolute Gasteiger partial charge is 0.130 e.